The second kappa shape index (κ2) is 8.33. The van der Waals surface area contributed by atoms with Crippen molar-refractivity contribution in [2.24, 2.45) is 5.92 Å². The summed E-state index contributed by atoms with van der Waals surface area (Å²) in [4.78, 5) is 29.3. The lowest BCUT2D eigenvalue weighted by Gasteiger charge is -2.37. The monoisotopic (exact) mass is 413 g/mol. The number of fused-ring (bicyclic) bond motifs is 1. The Morgan fingerprint density at radius 2 is 1.86 bits per heavy atom. The zero-order chi connectivity index (χ0) is 20.4. The van der Waals surface area contributed by atoms with Crippen LogP contribution in [0.2, 0.25) is 5.02 Å². The summed E-state index contributed by atoms with van der Waals surface area (Å²) in [6.45, 7) is 4.08. The molecule has 0 aliphatic carbocycles. The summed E-state index contributed by atoms with van der Waals surface area (Å²) in [6.07, 6.45) is 1.26. The van der Waals surface area contributed by atoms with Crippen LogP contribution in [0.3, 0.4) is 0 Å². The van der Waals surface area contributed by atoms with E-state index in [9.17, 15) is 9.59 Å². The number of ether oxygens (including phenoxy) is 1. The van der Waals surface area contributed by atoms with Gasteiger partial charge in [-0.3, -0.25) is 9.69 Å². The Labute approximate surface area is 175 Å². The number of urea groups is 1. The maximum Gasteiger partial charge on any atom is 0.324 e. The largest absolute Gasteiger partial charge is 0.490 e. The predicted octanol–water partition coefficient (Wildman–Crippen LogP) is 4.32. The summed E-state index contributed by atoms with van der Waals surface area (Å²) >= 11 is 6.22. The molecule has 1 fully saturated rings. The highest BCUT2D eigenvalue weighted by molar-refractivity contribution is 6.33. The number of nitrogens with zero attached hydrogens (tertiary/aromatic N) is 2. The Kier molecular flexibility index (Phi) is 5.62. The summed E-state index contributed by atoms with van der Waals surface area (Å²) in [7, 11) is 0. The smallest absolute Gasteiger partial charge is 0.324 e. The molecule has 0 bridgehead atoms. The van der Waals surface area contributed by atoms with Gasteiger partial charge >= 0.3 is 6.03 Å². The van der Waals surface area contributed by atoms with Gasteiger partial charge in [0.1, 0.15) is 12.4 Å². The molecule has 1 saturated heterocycles. The van der Waals surface area contributed by atoms with Crippen LogP contribution in [0.5, 0.6) is 5.75 Å². The average Bonchev–Trinajstić information content (AvgIpc) is 2.75. The molecule has 29 heavy (non-hydrogen) atoms. The molecule has 7 heteroatoms. The molecule has 2 aromatic rings. The molecule has 2 heterocycles. The highest BCUT2D eigenvalue weighted by Crippen LogP contribution is 2.32. The fraction of sp³-hybridized carbons (Fsp3) is 0.364. The summed E-state index contributed by atoms with van der Waals surface area (Å²) in [5.41, 5.74) is 2.48. The molecule has 152 valence electrons. The molecule has 0 unspecified atom stereocenters. The van der Waals surface area contributed by atoms with Gasteiger partial charge in [0.05, 0.1) is 22.9 Å². The van der Waals surface area contributed by atoms with Crippen LogP contribution in [-0.4, -0.2) is 43.1 Å². The Bertz CT molecular complexity index is 925. The molecule has 4 rings (SSSR count). The normalized spacial score (nSPS) is 16.8. The van der Waals surface area contributed by atoms with E-state index in [0.717, 1.165) is 17.0 Å². The fourth-order valence-corrected chi connectivity index (χ4v) is 4.11. The highest BCUT2D eigenvalue weighted by atomic mass is 35.5. The number of benzene rings is 2. The Balaban J connectivity index is 1.36. The average molecular weight is 414 g/mol. The Morgan fingerprint density at radius 1 is 1.10 bits per heavy atom. The lowest BCUT2D eigenvalue weighted by molar-refractivity contribution is -0.121. The van der Waals surface area contributed by atoms with Gasteiger partial charge in [-0.15, -0.1) is 0 Å². The van der Waals surface area contributed by atoms with E-state index in [-0.39, 0.29) is 17.9 Å². The zero-order valence-corrected chi connectivity index (χ0v) is 17.1. The number of para-hydroxylation sites is 2. The van der Waals surface area contributed by atoms with Crippen LogP contribution >= 0.6 is 11.6 Å². The van der Waals surface area contributed by atoms with Crippen molar-refractivity contribution in [2.75, 3.05) is 36.5 Å². The number of piperidine rings is 1. The van der Waals surface area contributed by atoms with Crippen LogP contribution in [0.1, 0.15) is 18.4 Å². The number of rotatable bonds is 2. The molecule has 0 saturated carbocycles. The lowest BCUT2D eigenvalue weighted by Crippen LogP contribution is -2.50. The van der Waals surface area contributed by atoms with Crippen molar-refractivity contribution >= 4 is 34.9 Å². The molecule has 0 spiro atoms. The van der Waals surface area contributed by atoms with Crippen molar-refractivity contribution in [1.29, 1.82) is 0 Å². The summed E-state index contributed by atoms with van der Waals surface area (Å²) < 4.78 is 5.64. The first kappa shape index (κ1) is 19.6. The highest BCUT2D eigenvalue weighted by Gasteiger charge is 2.32. The Hall–Kier alpha value is -2.73. The second-order valence-electron chi connectivity index (χ2n) is 7.48. The van der Waals surface area contributed by atoms with Gasteiger partial charge in [-0.1, -0.05) is 29.8 Å². The third kappa shape index (κ3) is 4.17. The van der Waals surface area contributed by atoms with Crippen molar-refractivity contribution in [3.05, 3.63) is 53.1 Å². The first-order chi connectivity index (χ1) is 14.0. The fourth-order valence-electron chi connectivity index (χ4n) is 3.83. The van der Waals surface area contributed by atoms with Crippen LogP contribution < -0.4 is 15.0 Å². The van der Waals surface area contributed by atoms with E-state index in [4.69, 9.17) is 16.3 Å². The number of anilines is 2. The van der Waals surface area contributed by atoms with E-state index < -0.39 is 0 Å². The van der Waals surface area contributed by atoms with Gasteiger partial charge in [0.25, 0.3) is 0 Å². The number of carbonyl (C=O) groups excluding carboxylic acids is 2. The number of hydrogen-bond donors (Lipinski definition) is 1. The first-order valence-corrected chi connectivity index (χ1v) is 10.3. The van der Waals surface area contributed by atoms with Crippen LogP contribution in [0, 0.1) is 12.8 Å². The summed E-state index contributed by atoms with van der Waals surface area (Å²) in [5, 5.41) is 3.47. The molecule has 2 aromatic carbocycles. The number of aryl methyl sites for hydroxylation is 1. The van der Waals surface area contributed by atoms with Gasteiger partial charge in [0.15, 0.2) is 0 Å². The van der Waals surface area contributed by atoms with E-state index in [1.54, 1.807) is 4.90 Å². The molecule has 3 amide bonds. The van der Waals surface area contributed by atoms with E-state index in [2.05, 4.69) is 5.32 Å². The number of amides is 3. The van der Waals surface area contributed by atoms with Crippen molar-refractivity contribution in [2.45, 2.75) is 19.8 Å². The molecule has 2 aliphatic rings. The van der Waals surface area contributed by atoms with Crippen LogP contribution in [0.25, 0.3) is 0 Å². The quantitative estimate of drug-likeness (QED) is 0.797. The predicted molar refractivity (Wildman–Crippen MR) is 114 cm³/mol. The van der Waals surface area contributed by atoms with E-state index in [1.165, 1.54) is 0 Å². The third-order valence-electron chi connectivity index (χ3n) is 5.48. The molecule has 1 N–H and O–H groups in total. The summed E-state index contributed by atoms with van der Waals surface area (Å²) in [5.74, 6) is 0.560. The van der Waals surface area contributed by atoms with Gasteiger partial charge in [-0.05, 0) is 49.6 Å². The third-order valence-corrected chi connectivity index (χ3v) is 5.79. The SMILES string of the molecule is Cc1ccc(NC(=O)C2CCN(C(=O)N3CCOc4ccccc43)CC2)c(Cl)c1. The van der Waals surface area contributed by atoms with Crippen molar-refractivity contribution in [3.8, 4) is 5.75 Å². The molecule has 6 nitrogen and oxygen atoms in total. The van der Waals surface area contributed by atoms with Crippen LogP contribution in [0.4, 0.5) is 16.2 Å². The summed E-state index contributed by atoms with van der Waals surface area (Å²) in [6, 6.07) is 13.1. The minimum absolute atomic E-state index is 0.0267. The number of hydrogen-bond acceptors (Lipinski definition) is 3. The van der Waals surface area contributed by atoms with Gasteiger partial charge in [0, 0.05) is 19.0 Å². The molecule has 0 radical (unpaired) electrons. The maximum atomic E-state index is 13.0. The number of nitrogens with one attached hydrogen (secondary N) is 1. The van der Waals surface area contributed by atoms with Gasteiger partial charge < -0.3 is 15.0 Å². The van der Waals surface area contributed by atoms with E-state index in [0.29, 0.717) is 49.8 Å². The standard InChI is InChI=1S/C22H24ClN3O3/c1-15-6-7-18(17(23)14-15)24-21(27)16-8-10-25(11-9-16)22(28)26-12-13-29-20-5-3-2-4-19(20)26/h2-7,14,16H,8-13H2,1H3,(H,24,27). The van der Waals surface area contributed by atoms with Crippen LogP contribution in [0.15, 0.2) is 42.5 Å². The van der Waals surface area contributed by atoms with Gasteiger partial charge in [-0.2, -0.15) is 0 Å². The van der Waals surface area contributed by atoms with Crippen molar-refractivity contribution in [3.63, 3.8) is 0 Å². The van der Waals surface area contributed by atoms with E-state index >= 15 is 0 Å². The minimum Gasteiger partial charge on any atom is -0.490 e. The van der Waals surface area contributed by atoms with Crippen molar-refractivity contribution in [1.82, 2.24) is 4.90 Å². The second-order valence-corrected chi connectivity index (χ2v) is 7.89. The zero-order valence-electron chi connectivity index (χ0n) is 16.4. The molecule has 2 aliphatic heterocycles. The number of halogens is 1. The molecule has 0 aromatic heterocycles. The van der Waals surface area contributed by atoms with Gasteiger partial charge in [0.2, 0.25) is 5.91 Å². The van der Waals surface area contributed by atoms with Crippen LogP contribution in [-0.2, 0) is 4.79 Å². The first-order valence-electron chi connectivity index (χ1n) is 9.88. The molecule has 0 atom stereocenters. The maximum absolute atomic E-state index is 13.0. The minimum atomic E-state index is -0.131. The van der Waals surface area contributed by atoms with Gasteiger partial charge in [-0.25, -0.2) is 4.79 Å². The number of carbonyl (C=O) groups is 2. The topological polar surface area (TPSA) is 61.9 Å². The number of likely N-dealkylation sites (tertiary alicyclic amines) is 1. The van der Waals surface area contributed by atoms with E-state index in [1.807, 2.05) is 54.3 Å². The Morgan fingerprint density at radius 3 is 2.62 bits per heavy atom. The lowest BCUT2D eigenvalue weighted by atomic mass is 9.96. The molecular weight excluding hydrogens is 390 g/mol. The van der Waals surface area contributed by atoms with Crippen molar-refractivity contribution < 1.29 is 14.3 Å². The molecular formula is C22H24ClN3O3.